The van der Waals surface area contributed by atoms with Crippen molar-refractivity contribution in [2.24, 2.45) is 5.73 Å². The predicted octanol–water partition coefficient (Wildman–Crippen LogP) is 4.20. The summed E-state index contributed by atoms with van der Waals surface area (Å²) in [4.78, 5) is 21.0. The highest BCUT2D eigenvalue weighted by Gasteiger charge is 2.22. The van der Waals surface area contributed by atoms with Crippen molar-refractivity contribution in [3.63, 3.8) is 0 Å². The summed E-state index contributed by atoms with van der Waals surface area (Å²) in [5.74, 6) is -0.381. The molecule has 0 saturated carbocycles. The molecule has 174 valence electrons. The second kappa shape index (κ2) is 9.30. The van der Waals surface area contributed by atoms with Crippen molar-refractivity contribution >= 4 is 34.1 Å². The molecule has 4 aromatic rings. The van der Waals surface area contributed by atoms with Crippen molar-refractivity contribution in [2.45, 2.75) is 38.5 Å². The predicted molar refractivity (Wildman–Crippen MR) is 132 cm³/mol. The van der Waals surface area contributed by atoms with E-state index in [1.807, 2.05) is 18.2 Å². The Morgan fingerprint density at radius 1 is 1.21 bits per heavy atom. The first-order valence-corrected chi connectivity index (χ1v) is 11.8. The van der Waals surface area contributed by atoms with Gasteiger partial charge in [0, 0.05) is 40.1 Å². The van der Waals surface area contributed by atoms with Gasteiger partial charge in [-0.2, -0.15) is 9.78 Å². The number of nitrogens with one attached hydrogen (secondary N) is 1. The van der Waals surface area contributed by atoms with Gasteiger partial charge in [0.15, 0.2) is 11.5 Å². The van der Waals surface area contributed by atoms with Crippen molar-refractivity contribution in [3.8, 4) is 11.7 Å². The number of pyridine rings is 2. The van der Waals surface area contributed by atoms with E-state index >= 15 is 0 Å². The number of fused-ring (bicyclic) bond motifs is 2. The number of aromatic nitrogens is 4. The molecule has 0 unspecified atom stereocenters. The third-order valence-corrected chi connectivity index (χ3v) is 6.42. The lowest BCUT2D eigenvalue weighted by atomic mass is 9.92. The molecule has 8 nitrogen and oxygen atoms in total. The molecule has 34 heavy (non-hydrogen) atoms. The Kier molecular flexibility index (Phi) is 6.06. The highest BCUT2D eigenvalue weighted by atomic mass is 35.5. The Morgan fingerprint density at radius 2 is 2.06 bits per heavy atom. The molecule has 1 aliphatic rings. The van der Waals surface area contributed by atoms with Crippen LogP contribution < -0.4 is 11.1 Å². The number of benzene rings is 1. The number of aromatic hydroxyl groups is 1. The number of nitrogens with two attached hydrogens (primary N) is 1. The minimum atomic E-state index is -0.681. The number of carbonyl (C=O) groups excluding carboxylic acids is 1. The van der Waals surface area contributed by atoms with Crippen LogP contribution in [0.15, 0.2) is 42.6 Å². The zero-order valence-corrected chi connectivity index (χ0v) is 19.3. The van der Waals surface area contributed by atoms with Gasteiger partial charge in [-0.1, -0.05) is 17.7 Å². The molecule has 9 heteroatoms. The van der Waals surface area contributed by atoms with Gasteiger partial charge in [-0.05, 0) is 74.4 Å². The van der Waals surface area contributed by atoms with Crippen LogP contribution in [0.3, 0.4) is 0 Å². The molecule has 1 aliphatic carbocycles. The number of hydrogen-bond acceptors (Lipinski definition) is 6. The van der Waals surface area contributed by atoms with Crippen LogP contribution in [0.1, 0.15) is 46.6 Å². The fraction of sp³-hybridized carbons (Fsp3) is 0.280. The van der Waals surface area contributed by atoms with Gasteiger partial charge in [0.05, 0.1) is 5.52 Å². The lowest BCUT2D eigenvalue weighted by molar-refractivity contribution is 0.0994. The van der Waals surface area contributed by atoms with Crippen molar-refractivity contribution in [1.82, 2.24) is 19.7 Å². The van der Waals surface area contributed by atoms with Gasteiger partial charge in [-0.3, -0.25) is 9.78 Å². The van der Waals surface area contributed by atoms with E-state index in [4.69, 9.17) is 22.3 Å². The van der Waals surface area contributed by atoms with Crippen LogP contribution >= 0.6 is 11.6 Å². The number of carbonyl (C=O) groups is 1. The standard InChI is InChI=1S/C25H25ClN6O2/c26-15-10-11-17-20(14-15)30-19-8-2-1-6-16(19)22(17)29-13-5-7-18-23(24(27)33)31-32(25(18)34)21-9-3-4-12-28-21/h3-4,9-12,14,34H,1-2,5-8,13H2,(H2,27,33)(H,29,30). The number of amides is 1. The molecule has 0 atom stereocenters. The molecule has 0 fully saturated rings. The monoisotopic (exact) mass is 476 g/mol. The fourth-order valence-corrected chi connectivity index (χ4v) is 4.75. The summed E-state index contributed by atoms with van der Waals surface area (Å²) in [7, 11) is 0. The topological polar surface area (TPSA) is 119 Å². The molecule has 3 aromatic heterocycles. The zero-order valence-electron chi connectivity index (χ0n) is 18.6. The summed E-state index contributed by atoms with van der Waals surface area (Å²) in [6.45, 7) is 0.639. The number of halogens is 1. The maximum Gasteiger partial charge on any atom is 0.269 e. The maximum atomic E-state index is 12.0. The quantitative estimate of drug-likeness (QED) is 0.344. The number of rotatable bonds is 7. The lowest BCUT2D eigenvalue weighted by Gasteiger charge is -2.22. The van der Waals surface area contributed by atoms with Crippen LogP contribution in [0.5, 0.6) is 5.88 Å². The molecule has 0 radical (unpaired) electrons. The largest absolute Gasteiger partial charge is 0.493 e. The SMILES string of the molecule is NC(=O)c1nn(-c2ccccn2)c(O)c1CCCNc1c2c(nc3cc(Cl)ccc13)CCCC2. The van der Waals surface area contributed by atoms with Crippen LogP contribution in [0.2, 0.25) is 5.02 Å². The van der Waals surface area contributed by atoms with Gasteiger partial charge in [0.2, 0.25) is 5.88 Å². The van der Waals surface area contributed by atoms with Crippen LogP contribution in [-0.4, -0.2) is 37.3 Å². The third kappa shape index (κ3) is 4.17. The minimum Gasteiger partial charge on any atom is -0.493 e. The Labute approximate surface area is 201 Å². The Balaban J connectivity index is 1.38. The van der Waals surface area contributed by atoms with Crippen molar-refractivity contribution in [2.75, 3.05) is 11.9 Å². The smallest absolute Gasteiger partial charge is 0.269 e. The Morgan fingerprint density at radius 3 is 2.85 bits per heavy atom. The molecule has 1 aromatic carbocycles. The summed E-state index contributed by atoms with van der Waals surface area (Å²) in [6, 6.07) is 11.0. The van der Waals surface area contributed by atoms with Gasteiger partial charge in [0.1, 0.15) is 0 Å². The molecule has 5 rings (SSSR count). The van der Waals surface area contributed by atoms with Crippen molar-refractivity contribution in [3.05, 3.63) is 70.1 Å². The van der Waals surface area contributed by atoms with Crippen molar-refractivity contribution in [1.29, 1.82) is 0 Å². The number of nitrogens with zero attached hydrogens (tertiary/aromatic N) is 4. The number of primary amides is 1. The summed E-state index contributed by atoms with van der Waals surface area (Å²) >= 11 is 6.22. The average Bonchev–Trinajstić information content (AvgIpc) is 3.18. The van der Waals surface area contributed by atoms with Crippen LogP contribution in [0.4, 0.5) is 5.69 Å². The molecule has 0 saturated heterocycles. The zero-order chi connectivity index (χ0) is 23.7. The second-order valence-corrected chi connectivity index (χ2v) is 8.86. The van der Waals surface area contributed by atoms with E-state index in [2.05, 4.69) is 15.4 Å². The van der Waals surface area contributed by atoms with E-state index in [-0.39, 0.29) is 11.6 Å². The van der Waals surface area contributed by atoms with Gasteiger partial charge in [-0.25, -0.2) is 4.98 Å². The van der Waals surface area contributed by atoms with E-state index in [0.717, 1.165) is 48.0 Å². The molecular formula is C25H25ClN6O2. The van der Waals surface area contributed by atoms with E-state index in [1.165, 1.54) is 10.2 Å². The number of aryl methyl sites for hydroxylation is 1. The van der Waals surface area contributed by atoms with E-state index in [9.17, 15) is 9.90 Å². The van der Waals surface area contributed by atoms with E-state index in [1.54, 1.807) is 24.4 Å². The molecule has 0 aliphatic heterocycles. The van der Waals surface area contributed by atoms with Gasteiger partial charge in [0.25, 0.3) is 5.91 Å². The first-order valence-electron chi connectivity index (χ1n) is 11.4. The lowest BCUT2D eigenvalue weighted by Crippen LogP contribution is -2.15. The highest BCUT2D eigenvalue weighted by Crippen LogP contribution is 2.34. The normalized spacial score (nSPS) is 13.1. The first-order chi connectivity index (χ1) is 16.5. The van der Waals surface area contributed by atoms with Gasteiger partial charge < -0.3 is 16.2 Å². The second-order valence-electron chi connectivity index (χ2n) is 8.43. The molecule has 1 amide bonds. The van der Waals surface area contributed by atoms with Gasteiger partial charge in [-0.15, -0.1) is 0 Å². The third-order valence-electron chi connectivity index (χ3n) is 6.19. The molecular weight excluding hydrogens is 452 g/mol. The summed E-state index contributed by atoms with van der Waals surface area (Å²) in [6.07, 6.45) is 6.93. The fourth-order valence-electron chi connectivity index (χ4n) is 4.59. The Bertz CT molecular complexity index is 1370. The minimum absolute atomic E-state index is 0.0598. The van der Waals surface area contributed by atoms with Crippen LogP contribution in [0, 0.1) is 0 Å². The van der Waals surface area contributed by atoms with E-state index in [0.29, 0.717) is 35.8 Å². The molecule has 0 spiro atoms. The summed E-state index contributed by atoms with van der Waals surface area (Å²) in [5, 5.41) is 20.3. The summed E-state index contributed by atoms with van der Waals surface area (Å²) in [5.41, 5.74) is 10.4. The highest BCUT2D eigenvalue weighted by molar-refractivity contribution is 6.31. The number of hydrogen-bond donors (Lipinski definition) is 3. The maximum absolute atomic E-state index is 12.0. The van der Waals surface area contributed by atoms with Crippen molar-refractivity contribution < 1.29 is 9.90 Å². The number of anilines is 1. The molecule has 4 N–H and O–H groups in total. The Hall–Kier alpha value is -3.65. The summed E-state index contributed by atoms with van der Waals surface area (Å²) < 4.78 is 1.25. The average molecular weight is 477 g/mol. The van der Waals surface area contributed by atoms with Crippen LogP contribution in [-0.2, 0) is 19.3 Å². The van der Waals surface area contributed by atoms with Gasteiger partial charge >= 0.3 is 0 Å². The molecule has 3 heterocycles. The molecule has 0 bridgehead atoms. The van der Waals surface area contributed by atoms with E-state index < -0.39 is 5.91 Å². The van der Waals surface area contributed by atoms with Crippen LogP contribution in [0.25, 0.3) is 16.7 Å². The first kappa shape index (κ1) is 22.2.